The van der Waals surface area contributed by atoms with Gasteiger partial charge in [-0.15, -0.1) is 0 Å². The molecule has 0 aromatic carbocycles. The molecule has 1 saturated heterocycles. The lowest BCUT2D eigenvalue weighted by Gasteiger charge is -2.32. The van der Waals surface area contributed by atoms with Crippen LogP contribution in [0.3, 0.4) is 0 Å². The van der Waals surface area contributed by atoms with E-state index in [1.807, 2.05) is 0 Å². The number of hydrogen-bond acceptors (Lipinski definition) is 5. The number of carbonyl (C=O) groups excluding carboxylic acids is 3. The number of aliphatic carboxylic acids is 1. The predicted molar refractivity (Wildman–Crippen MR) is 65.8 cm³/mol. The lowest BCUT2D eigenvalue weighted by atomic mass is 10.2. The number of piperazine rings is 1. The molecule has 9 nitrogen and oxygen atoms in total. The van der Waals surface area contributed by atoms with Gasteiger partial charge in [-0.3, -0.25) is 14.9 Å². The summed E-state index contributed by atoms with van der Waals surface area (Å²) in [5, 5.41) is 13.3. The van der Waals surface area contributed by atoms with Crippen LogP contribution in [-0.2, 0) is 19.1 Å². The molecule has 0 aromatic heterocycles. The fourth-order valence-corrected chi connectivity index (χ4v) is 1.69. The summed E-state index contributed by atoms with van der Waals surface area (Å²) in [6.45, 7) is 1.31. The third-order valence-corrected chi connectivity index (χ3v) is 2.89. The van der Waals surface area contributed by atoms with Gasteiger partial charge in [0.1, 0.15) is 18.6 Å². The second kappa shape index (κ2) is 6.85. The fraction of sp³-hybridized carbons (Fsp3) is 0.636. The number of carbonyl (C=O) groups is 4. The molecule has 0 radical (unpaired) electrons. The number of rotatable bonds is 5. The largest absolute Gasteiger partial charge is 0.480 e. The molecule has 2 unspecified atom stereocenters. The van der Waals surface area contributed by atoms with Gasteiger partial charge in [-0.25, -0.2) is 9.59 Å². The molecule has 1 aliphatic heterocycles. The van der Waals surface area contributed by atoms with Gasteiger partial charge in [0.05, 0.1) is 0 Å². The number of carboxylic acid groups (broad SMARTS) is 1. The number of hydrogen-bond donors (Lipinski definition) is 3. The van der Waals surface area contributed by atoms with Crippen LogP contribution in [0.15, 0.2) is 0 Å². The number of nitrogens with one attached hydrogen (secondary N) is 2. The van der Waals surface area contributed by atoms with E-state index in [-0.39, 0.29) is 19.6 Å². The number of ether oxygens (including phenoxy) is 1. The zero-order chi connectivity index (χ0) is 15.3. The van der Waals surface area contributed by atoms with Crippen LogP contribution in [0.1, 0.15) is 13.3 Å². The summed E-state index contributed by atoms with van der Waals surface area (Å²) in [7, 11) is 1.41. The van der Waals surface area contributed by atoms with Crippen LogP contribution >= 0.6 is 0 Å². The van der Waals surface area contributed by atoms with E-state index >= 15 is 0 Å². The van der Waals surface area contributed by atoms with Crippen LogP contribution in [0.2, 0.25) is 0 Å². The average molecular weight is 287 g/mol. The van der Waals surface area contributed by atoms with E-state index < -0.39 is 35.9 Å². The normalized spacial score (nSPS) is 20.3. The Labute approximate surface area is 115 Å². The minimum Gasteiger partial charge on any atom is -0.480 e. The summed E-state index contributed by atoms with van der Waals surface area (Å²) in [5.41, 5.74) is 0. The lowest BCUT2D eigenvalue weighted by molar-refractivity contribution is -0.139. The monoisotopic (exact) mass is 287 g/mol. The van der Waals surface area contributed by atoms with E-state index in [0.717, 1.165) is 4.90 Å². The van der Waals surface area contributed by atoms with Gasteiger partial charge >= 0.3 is 12.0 Å². The molecule has 0 aliphatic carbocycles. The molecule has 0 bridgehead atoms. The minimum absolute atomic E-state index is 0.0833. The van der Waals surface area contributed by atoms with Crippen molar-refractivity contribution >= 4 is 23.8 Å². The summed E-state index contributed by atoms with van der Waals surface area (Å²) in [4.78, 5) is 46.6. The Morgan fingerprint density at radius 1 is 1.55 bits per heavy atom. The highest BCUT2D eigenvalue weighted by atomic mass is 16.5. The first-order valence-electron chi connectivity index (χ1n) is 5.99. The number of urea groups is 1. The number of amides is 4. The molecular weight excluding hydrogens is 270 g/mol. The van der Waals surface area contributed by atoms with Crippen molar-refractivity contribution in [2.24, 2.45) is 0 Å². The molecule has 1 aliphatic rings. The van der Waals surface area contributed by atoms with E-state index in [1.165, 1.54) is 14.0 Å². The number of carboxylic acids is 1. The highest BCUT2D eigenvalue weighted by molar-refractivity contribution is 6.04. The minimum atomic E-state index is -1.21. The highest BCUT2D eigenvalue weighted by Gasteiger charge is 2.35. The molecule has 1 rings (SSSR count). The Hall–Kier alpha value is -2.16. The van der Waals surface area contributed by atoms with Crippen molar-refractivity contribution < 1.29 is 29.0 Å². The van der Waals surface area contributed by atoms with Crippen molar-refractivity contribution in [1.82, 2.24) is 15.5 Å². The van der Waals surface area contributed by atoms with Crippen molar-refractivity contribution in [2.75, 3.05) is 20.3 Å². The molecule has 1 heterocycles. The van der Waals surface area contributed by atoms with Crippen LogP contribution in [0.4, 0.5) is 4.79 Å². The molecule has 0 saturated carbocycles. The Morgan fingerprint density at radius 3 is 2.75 bits per heavy atom. The highest BCUT2D eigenvalue weighted by Crippen LogP contribution is 2.06. The number of nitrogens with zero attached hydrogens (tertiary/aromatic N) is 1. The van der Waals surface area contributed by atoms with E-state index in [1.54, 1.807) is 0 Å². The molecule has 9 heteroatoms. The van der Waals surface area contributed by atoms with Crippen LogP contribution in [0.5, 0.6) is 0 Å². The summed E-state index contributed by atoms with van der Waals surface area (Å²) in [5.74, 6) is -2.41. The summed E-state index contributed by atoms with van der Waals surface area (Å²) in [6.07, 6.45) is 0.0833. The van der Waals surface area contributed by atoms with Gasteiger partial charge in [-0.05, 0) is 6.92 Å². The topological polar surface area (TPSA) is 125 Å². The van der Waals surface area contributed by atoms with Gasteiger partial charge < -0.3 is 20.1 Å². The van der Waals surface area contributed by atoms with Crippen molar-refractivity contribution in [3.05, 3.63) is 0 Å². The van der Waals surface area contributed by atoms with Crippen LogP contribution < -0.4 is 10.6 Å². The molecule has 1 fully saturated rings. The summed E-state index contributed by atoms with van der Waals surface area (Å²) in [6, 6.07) is -2.76. The third-order valence-electron chi connectivity index (χ3n) is 2.89. The standard InChI is InChI=1S/C11H17N3O6/c1-6-9(16)13-8(15)5-14(6)11(19)12-7(10(17)18)3-4-20-2/h6-7H,3-5H2,1-2H3,(H,12,19)(H,17,18)(H,13,15,16). The quantitative estimate of drug-likeness (QED) is 0.530. The third kappa shape index (κ3) is 3.92. The first-order chi connectivity index (χ1) is 9.36. The maximum atomic E-state index is 12.0. The maximum absolute atomic E-state index is 12.0. The van der Waals surface area contributed by atoms with Crippen LogP contribution in [0.25, 0.3) is 0 Å². The zero-order valence-corrected chi connectivity index (χ0v) is 11.2. The van der Waals surface area contributed by atoms with Gasteiger partial charge in [0.15, 0.2) is 0 Å². The number of imide groups is 1. The van der Waals surface area contributed by atoms with Gasteiger partial charge in [-0.2, -0.15) is 0 Å². The van der Waals surface area contributed by atoms with E-state index in [2.05, 4.69) is 10.6 Å². The molecule has 2 atom stereocenters. The van der Waals surface area contributed by atoms with Crippen molar-refractivity contribution in [3.8, 4) is 0 Å². The molecule has 112 valence electrons. The molecule has 0 aromatic rings. The zero-order valence-electron chi connectivity index (χ0n) is 11.2. The lowest BCUT2D eigenvalue weighted by Crippen LogP contribution is -2.62. The molecule has 0 spiro atoms. The Kier molecular flexibility index (Phi) is 5.44. The van der Waals surface area contributed by atoms with Gasteiger partial charge in [0.25, 0.3) is 0 Å². The number of methoxy groups -OCH3 is 1. The molecule has 4 amide bonds. The summed E-state index contributed by atoms with van der Waals surface area (Å²) >= 11 is 0. The SMILES string of the molecule is COCCC(NC(=O)N1CC(=O)NC(=O)C1C)C(=O)O. The fourth-order valence-electron chi connectivity index (χ4n) is 1.69. The second-order valence-corrected chi connectivity index (χ2v) is 4.34. The predicted octanol–water partition coefficient (Wildman–Crippen LogP) is -1.47. The Morgan fingerprint density at radius 2 is 2.20 bits per heavy atom. The molecule has 3 N–H and O–H groups in total. The van der Waals surface area contributed by atoms with E-state index in [4.69, 9.17) is 9.84 Å². The van der Waals surface area contributed by atoms with Crippen molar-refractivity contribution in [1.29, 1.82) is 0 Å². The van der Waals surface area contributed by atoms with Gasteiger partial charge in [-0.1, -0.05) is 0 Å². The van der Waals surface area contributed by atoms with Crippen molar-refractivity contribution in [3.63, 3.8) is 0 Å². The molecule has 20 heavy (non-hydrogen) atoms. The first-order valence-corrected chi connectivity index (χ1v) is 5.99. The van der Waals surface area contributed by atoms with Crippen LogP contribution in [-0.4, -0.2) is 66.2 Å². The Bertz CT molecular complexity index is 424. The van der Waals surface area contributed by atoms with Crippen LogP contribution in [0, 0.1) is 0 Å². The van der Waals surface area contributed by atoms with E-state index in [0.29, 0.717) is 0 Å². The first kappa shape index (κ1) is 15.9. The van der Waals surface area contributed by atoms with E-state index in [9.17, 15) is 19.2 Å². The average Bonchev–Trinajstić information content (AvgIpc) is 2.38. The smallest absolute Gasteiger partial charge is 0.326 e. The van der Waals surface area contributed by atoms with Gasteiger partial charge in [0.2, 0.25) is 11.8 Å². The maximum Gasteiger partial charge on any atom is 0.326 e. The van der Waals surface area contributed by atoms with Crippen molar-refractivity contribution in [2.45, 2.75) is 25.4 Å². The van der Waals surface area contributed by atoms with Gasteiger partial charge in [0, 0.05) is 20.1 Å². The second-order valence-electron chi connectivity index (χ2n) is 4.34. The Balaban J connectivity index is 2.69. The summed E-state index contributed by atoms with van der Waals surface area (Å²) < 4.78 is 4.76. The molecular formula is C11H17N3O6.